The van der Waals surface area contributed by atoms with Crippen LogP contribution >= 0.6 is 0 Å². The number of nitrogens with zero attached hydrogens (tertiary/aromatic N) is 2. The molecule has 0 radical (unpaired) electrons. The van der Waals surface area contributed by atoms with Gasteiger partial charge in [0, 0.05) is 32.2 Å². The number of aryl methyl sites for hydroxylation is 1. The van der Waals surface area contributed by atoms with E-state index in [0.717, 1.165) is 55.4 Å². The van der Waals surface area contributed by atoms with Crippen molar-refractivity contribution >= 4 is 11.6 Å². The normalized spacial score (nSPS) is 18.5. The summed E-state index contributed by atoms with van der Waals surface area (Å²) in [5.74, 6) is 2.78. The highest BCUT2D eigenvalue weighted by molar-refractivity contribution is 5.56. The maximum absolute atomic E-state index is 5.77. The topological polar surface area (TPSA) is 59.1 Å². The minimum Gasteiger partial charge on any atom is -0.378 e. The van der Waals surface area contributed by atoms with Crippen molar-refractivity contribution in [1.29, 1.82) is 0 Å². The molecule has 2 rings (SSSR count). The molecule has 1 saturated heterocycles. The van der Waals surface area contributed by atoms with Crippen molar-refractivity contribution in [3.8, 4) is 0 Å². The van der Waals surface area contributed by atoms with Crippen LogP contribution in [-0.2, 0) is 11.2 Å². The lowest BCUT2D eigenvalue weighted by Gasteiger charge is -2.23. The Hall–Kier alpha value is -1.36. The molecule has 1 aromatic rings. The highest BCUT2D eigenvalue weighted by atomic mass is 16.5. The molecule has 2 N–H and O–H groups in total. The summed E-state index contributed by atoms with van der Waals surface area (Å²) in [6.07, 6.45) is 7.11. The van der Waals surface area contributed by atoms with Crippen LogP contribution in [0, 0.1) is 6.92 Å². The Balaban J connectivity index is 1.95. The Labute approximate surface area is 127 Å². The zero-order chi connectivity index (χ0) is 15.1. The molecular formula is C16H28N4O. The van der Waals surface area contributed by atoms with Crippen molar-refractivity contribution in [1.82, 2.24) is 9.97 Å². The van der Waals surface area contributed by atoms with Crippen LogP contribution in [-0.4, -0.2) is 36.3 Å². The van der Waals surface area contributed by atoms with Gasteiger partial charge in [-0.05, 0) is 39.0 Å². The predicted molar refractivity (Wildman–Crippen MR) is 87.0 cm³/mol. The lowest BCUT2D eigenvalue weighted by atomic mass is 10.1. The van der Waals surface area contributed by atoms with E-state index in [4.69, 9.17) is 4.74 Å². The first-order valence-electron chi connectivity index (χ1n) is 8.15. The zero-order valence-electron chi connectivity index (χ0n) is 13.5. The van der Waals surface area contributed by atoms with Crippen molar-refractivity contribution in [3.63, 3.8) is 0 Å². The number of anilines is 2. The molecule has 118 valence electrons. The van der Waals surface area contributed by atoms with Crippen LogP contribution in [0.5, 0.6) is 0 Å². The Morgan fingerprint density at radius 2 is 2.05 bits per heavy atom. The largest absolute Gasteiger partial charge is 0.378 e. The molecule has 0 aliphatic carbocycles. The van der Waals surface area contributed by atoms with Gasteiger partial charge in [-0.1, -0.05) is 6.92 Å². The van der Waals surface area contributed by atoms with E-state index in [-0.39, 0.29) is 0 Å². The van der Waals surface area contributed by atoms with Crippen molar-refractivity contribution in [3.05, 3.63) is 11.4 Å². The first-order valence-corrected chi connectivity index (χ1v) is 8.15. The fourth-order valence-electron chi connectivity index (χ4n) is 2.70. The van der Waals surface area contributed by atoms with E-state index in [2.05, 4.69) is 34.4 Å². The highest BCUT2D eigenvalue weighted by Gasteiger charge is 2.14. The molecular weight excluding hydrogens is 264 g/mol. The minimum atomic E-state index is 0.410. The van der Waals surface area contributed by atoms with E-state index in [1.165, 1.54) is 19.3 Å². The lowest BCUT2D eigenvalue weighted by molar-refractivity contribution is 0.0134. The standard InChI is InChI=1S/C16H28N4O/c1-4-7-14-19-15(17-3)12(2)16(20-14)18-10-9-13-8-5-6-11-21-13/h13H,4-11H2,1-3H3,(H2,17,18,19,20). The summed E-state index contributed by atoms with van der Waals surface area (Å²) in [7, 11) is 1.91. The molecule has 2 heterocycles. The Kier molecular flexibility index (Phi) is 6.23. The number of hydrogen-bond donors (Lipinski definition) is 2. The second-order valence-electron chi connectivity index (χ2n) is 5.67. The average Bonchev–Trinajstić information content (AvgIpc) is 2.51. The Bertz CT molecular complexity index is 444. The molecule has 1 fully saturated rings. The Morgan fingerprint density at radius 1 is 1.24 bits per heavy atom. The molecule has 5 nitrogen and oxygen atoms in total. The summed E-state index contributed by atoms with van der Waals surface area (Å²) < 4.78 is 5.77. The summed E-state index contributed by atoms with van der Waals surface area (Å²) in [6, 6.07) is 0. The SMILES string of the molecule is CCCc1nc(NC)c(C)c(NCCC2CCCCO2)n1. The van der Waals surface area contributed by atoms with E-state index in [1.807, 2.05) is 7.05 Å². The molecule has 1 aromatic heterocycles. The molecule has 0 bridgehead atoms. The van der Waals surface area contributed by atoms with Crippen LogP contribution in [0.4, 0.5) is 11.6 Å². The number of rotatable bonds is 7. The molecule has 0 saturated carbocycles. The molecule has 1 aliphatic heterocycles. The van der Waals surface area contributed by atoms with E-state index < -0.39 is 0 Å². The lowest BCUT2D eigenvalue weighted by Crippen LogP contribution is -2.22. The van der Waals surface area contributed by atoms with Crippen LogP contribution in [0.25, 0.3) is 0 Å². The second kappa shape index (κ2) is 8.17. The van der Waals surface area contributed by atoms with Gasteiger partial charge in [-0.2, -0.15) is 0 Å². The monoisotopic (exact) mass is 292 g/mol. The highest BCUT2D eigenvalue weighted by Crippen LogP contribution is 2.21. The van der Waals surface area contributed by atoms with E-state index >= 15 is 0 Å². The van der Waals surface area contributed by atoms with Gasteiger partial charge in [-0.3, -0.25) is 0 Å². The van der Waals surface area contributed by atoms with Gasteiger partial charge >= 0.3 is 0 Å². The van der Waals surface area contributed by atoms with Crippen molar-refractivity contribution in [2.75, 3.05) is 30.8 Å². The van der Waals surface area contributed by atoms with Crippen LogP contribution in [0.2, 0.25) is 0 Å². The van der Waals surface area contributed by atoms with Crippen LogP contribution < -0.4 is 10.6 Å². The van der Waals surface area contributed by atoms with Crippen LogP contribution in [0.3, 0.4) is 0 Å². The number of nitrogens with one attached hydrogen (secondary N) is 2. The average molecular weight is 292 g/mol. The third-order valence-electron chi connectivity index (χ3n) is 3.94. The van der Waals surface area contributed by atoms with Crippen molar-refractivity contribution in [2.45, 2.75) is 58.5 Å². The smallest absolute Gasteiger partial charge is 0.134 e. The summed E-state index contributed by atoms with van der Waals surface area (Å²) in [5, 5.41) is 6.62. The first kappa shape index (κ1) is 16.0. The van der Waals surface area contributed by atoms with Crippen molar-refractivity contribution < 1.29 is 4.74 Å². The molecule has 1 atom stereocenters. The van der Waals surface area contributed by atoms with Gasteiger partial charge in [0.2, 0.25) is 0 Å². The van der Waals surface area contributed by atoms with Gasteiger partial charge in [0.1, 0.15) is 17.5 Å². The third-order valence-corrected chi connectivity index (χ3v) is 3.94. The van der Waals surface area contributed by atoms with E-state index in [9.17, 15) is 0 Å². The summed E-state index contributed by atoms with van der Waals surface area (Å²) in [5.41, 5.74) is 1.09. The van der Waals surface area contributed by atoms with Gasteiger partial charge in [-0.15, -0.1) is 0 Å². The molecule has 1 unspecified atom stereocenters. The number of hydrogen-bond acceptors (Lipinski definition) is 5. The summed E-state index contributed by atoms with van der Waals surface area (Å²) in [4.78, 5) is 9.20. The zero-order valence-corrected chi connectivity index (χ0v) is 13.5. The summed E-state index contributed by atoms with van der Waals surface area (Å²) in [6.45, 7) is 6.02. The molecule has 0 amide bonds. The molecule has 0 aromatic carbocycles. The fraction of sp³-hybridized carbons (Fsp3) is 0.750. The van der Waals surface area contributed by atoms with E-state index in [0.29, 0.717) is 6.10 Å². The molecule has 21 heavy (non-hydrogen) atoms. The second-order valence-corrected chi connectivity index (χ2v) is 5.67. The van der Waals surface area contributed by atoms with Gasteiger partial charge in [0.05, 0.1) is 6.10 Å². The van der Waals surface area contributed by atoms with Gasteiger partial charge < -0.3 is 15.4 Å². The maximum atomic E-state index is 5.77. The molecule has 0 spiro atoms. The van der Waals surface area contributed by atoms with Crippen LogP contribution in [0.1, 0.15) is 50.4 Å². The van der Waals surface area contributed by atoms with Gasteiger partial charge in [0.25, 0.3) is 0 Å². The van der Waals surface area contributed by atoms with Gasteiger partial charge in [-0.25, -0.2) is 9.97 Å². The quantitative estimate of drug-likeness (QED) is 0.808. The Morgan fingerprint density at radius 3 is 2.71 bits per heavy atom. The van der Waals surface area contributed by atoms with Crippen LogP contribution in [0.15, 0.2) is 0 Å². The van der Waals surface area contributed by atoms with Gasteiger partial charge in [0.15, 0.2) is 0 Å². The maximum Gasteiger partial charge on any atom is 0.134 e. The number of aromatic nitrogens is 2. The van der Waals surface area contributed by atoms with Crippen molar-refractivity contribution in [2.24, 2.45) is 0 Å². The third kappa shape index (κ3) is 4.56. The number of ether oxygens (including phenoxy) is 1. The first-order chi connectivity index (χ1) is 10.2. The minimum absolute atomic E-state index is 0.410. The van der Waals surface area contributed by atoms with E-state index in [1.54, 1.807) is 0 Å². The molecule has 1 aliphatic rings. The fourth-order valence-corrected chi connectivity index (χ4v) is 2.70. The predicted octanol–water partition coefficient (Wildman–Crippen LogP) is 3.15. The summed E-state index contributed by atoms with van der Waals surface area (Å²) >= 11 is 0. The molecule has 5 heteroatoms.